The molecule has 1 N–H and O–H groups in total. The normalized spacial score (nSPS) is 29.2. The quantitative estimate of drug-likeness (QED) is 0.777. The van der Waals surface area contributed by atoms with Crippen LogP contribution in [0.25, 0.3) is 0 Å². The second-order valence-corrected chi connectivity index (χ2v) is 4.66. The summed E-state index contributed by atoms with van der Waals surface area (Å²) in [5.74, 6) is 1.39. The van der Waals surface area contributed by atoms with E-state index in [1.165, 1.54) is 25.1 Å². The zero-order valence-corrected chi connectivity index (χ0v) is 9.19. The number of hydrogen-bond donors (Lipinski definition) is 1. The first kappa shape index (κ1) is 10.0. The lowest BCUT2D eigenvalue weighted by Gasteiger charge is -2.37. The second kappa shape index (κ2) is 4.01. The van der Waals surface area contributed by atoms with Crippen LogP contribution in [-0.4, -0.2) is 30.7 Å². The minimum absolute atomic E-state index is 0.262. The Balaban J connectivity index is 1.85. The van der Waals surface area contributed by atoms with Gasteiger partial charge in [0.2, 0.25) is 0 Å². The summed E-state index contributed by atoms with van der Waals surface area (Å²) >= 11 is 0. The van der Waals surface area contributed by atoms with Crippen LogP contribution in [0.3, 0.4) is 0 Å². The van der Waals surface area contributed by atoms with Gasteiger partial charge in [-0.2, -0.15) is 0 Å². The Hall–Kier alpha value is -1.16. The topological polar surface area (TPSA) is 28.2 Å². The van der Waals surface area contributed by atoms with Crippen LogP contribution in [0.2, 0.25) is 0 Å². The maximum atomic E-state index is 12.8. The molecule has 3 rings (SSSR count). The van der Waals surface area contributed by atoms with Crippen molar-refractivity contribution in [2.45, 2.75) is 18.9 Å². The smallest absolute Gasteiger partial charge is 0.141 e. The lowest BCUT2D eigenvalue weighted by Crippen LogP contribution is -2.45. The molecule has 16 heavy (non-hydrogen) atoms. The van der Waals surface area contributed by atoms with Crippen LogP contribution >= 0.6 is 0 Å². The molecule has 2 saturated heterocycles. The first-order valence-electron chi connectivity index (χ1n) is 5.93. The van der Waals surface area contributed by atoms with Crippen molar-refractivity contribution in [3.63, 3.8) is 0 Å². The number of pyridine rings is 1. The molecule has 2 aliphatic rings. The molecule has 2 atom stereocenters. The highest BCUT2D eigenvalue weighted by atomic mass is 19.1. The Labute approximate surface area is 94.7 Å². The molecule has 0 saturated carbocycles. The number of piperidine rings is 1. The number of halogens is 1. The molecule has 2 aliphatic heterocycles. The van der Waals surface area contributed by atoms with Gasteiger partial charge in [0.05, 0.1) is 6.20 Å². The molecule has 2 unspecified atom stereocenters. The van der Waals surface area contributed by atoms with Crippen molar-refractivity contribution < 1.29 is 4.39 Å². The van der Waals surface area contributed by atoms with Gasteiger partial charge in [-0.15, -0.1) is 0 Å². The van der Waals surface area contributed by atoms with Crippen molar-refractivity contribution >= 4 is 5.82 Å². The molecule has 1 aromatic heterocycles. The summed E-state index contributed by atoms with van der Waals surface area (Å²) < 4.78 is 12.8. The molecule has 0 aliphatic carbocycles. The molecule has 0 aromatic carbocycles. The number of aromatic nitrogens is 1. The number of anilines is 1. The van der Waals surface area contributed by atoms with Gasteiger partial charge in [0.15, 0.2) is 0 Å². The molecule has 4 heteroatoms. The summed E-state index contributed by atoms with van der Waals surface area (Å²) in [7, 11) is 0. The van der Waals surface area contributed by atoms with Crippen LogP contribution in [0, 0.1) is 11.7 Å². The van der Waals surface area contributed by atoms with Gasteiger partial charge >= 0.3 is 0 Å². The highest BCUT2D eigenvalue weighted by Crippen LogP contribution is 2.29. The predicted octanol–water partition coefficient (Wildman–Crippen LogP) is 1.41. The van der Waals surface area contributed by atoms with E-state index in [-0.39, 0.29) is 5.82 Å². The van der Waals surface area contributed by atoms with Gasteiger partial charge in [-0.3, -0.25) is 0 Å². The van der Waals surface area contributed by atoms with E-state index in [4.69, 9.17) is 0 Å². The fourth-order valence-corrected chi connectivity index (χ4v) is 2.89. The van der Waals surface area contributed by atoms with E-state index < -0.39 is 0 Å². The first-order chi connectivity index (χ1) is 7.84. The number of nitrogens with zero attached hydrogens (tertiary/aromatic N) is 2. The van der Waals surface area contributed by atoms with E-state index in [0.717, 1.165) is 31.4 Å². The lowest BCUT2D eigenvalue weighted by atomic mass is 9.92. The number of nitrogens with one attached hydrogen (secondary N) is 1. The van der Waals surface area contributed by atoms with Gasteiger partial charge in [-0.05, 0) is 30.9 Å². The summed E-state index contributed by atoms with van der Waals surface area (Å²) in [5.41, 5.74) is 0. The molecular weight excluding hydrogens is 205 g/mol. The Morgan fingerprint density at radius 3 is 3.12 bits per heavy atom. The zero-order chi connectivity index (χ0) is 11.0. The van der Waals surface area contributed by atoms with Crippen LogP contribution in [0.15, 0.2) is 18.3 Å². The Bertz CT molecular complexity index is 365. The van der Waals surface area contributed by atoms with Gasteiger partial charge < -0.3 is 10.2 Å². The van der Waals surface area contributed by atoms with Crippen LogP contribution in [0.1, 0.15) is 12.8 Å². The SMILES string of the molecule is Fc1ccc(N2CCCC3CNCC32)nc1. The van der Waals surface area contributed by atoms with Crippen molar-refractivity contribution in [1.82, 2.24) is 10.3 Å². The molecule has 1 aromatic rings. The average Bonchev–Trinajstić information content (AvgIpc) is 2.78. The van der Waals surface area contributed by atoms with Crippen molar-refractivity contribution in [3.05, 3.63) is 24.1 Å². The fraction of sp³-hybridized carbons (Fsp3) is 0.583. The van der Waals surface area contributed by atoms with E-state index in [2.05, 4.69) is 15.2 Å². The van der Waals surface area contributed by atoms with Crippen molar-refractivity contribution in [3.8, 4) is 0 Å². The minimum atomic E-state index is -0.262. The average molecular weight is 221 g/mol. The minimum Gasteiger partial charge on any atom is -0.352 e. The molecule has 0 bridgehead atoms. The second-order valence-electron chi connectivity index (χ2n) is 4.66. The molecule has 0 spiro atoms. The van der Waals surface area contributed by atoms with Crippen LogP contribution < -0.4 is 10.2 Å². The maximum Gasteiger partial charge on any atom is 0.141 e. The Morgan fingerprint density at radius 1 is 1.38 bits per heavy atom. The number of fused-ring (bicyclic) bond motifs is 1. The van der Waals surface area contributed by atoms with E-state index in [1.807, 2.05) is 0 Å². The molecule has 3 heterocycles. The van der Waals surface area contributed by atoms with Gasteiger partial charge in [-0.1, -0.05) is 0 Å². The standard InChI is InChI=1S/C12H16FN3/c13-10-3-4-12(15-7-10)16-5-1-2-9-6-14-8-11(9)16/h3-4,7,9,11,14H,1-2,5-6,8H2. The first-order valence-corrected chi connectivity index (χ1v) is 5.93. The van der Waals surface area contributed by atoms with Crippen molar-refractivity contribution in [2.75, 3.05) is 24.5 Å². The number of hydrogen-bond acceptors (Lipinski definition) is 3. The largest absolute Gasteiger partial charge is 0.352 e. The summed E-state index contributed by atoms with van der Waals surface area (Å²) in [6.45, 7) is 3.19. The number of rotatable bonds is 1. The highest BCUT2D eigenvalue weighted by Gasteiger charge is 2.35. The van der Waals surface area contributed by atoms with Crippen LogP contribution in [-0.2, 0) is 0 Å². The molecule has 2 fully saturated rings. The van der Waals surface area contributed by atoms with E-state index in [1.54, 1.807) is 6.07 Å². The summed E-state index contributed by atoms with van der Waals surface area (Å²) in [6.07, 6.45) is 3.82. The lowest BCUT2D eigenvalue weighted by molar-refractivity contribution is 0.383. The molecule has 86 valence electrons. The van der Waals surface area contributed by atoms with E-state index in [0.29, 0.717) is 6.04 Å². The van der Waals surface area contributed by atoms with Crippen LogP contribution in [0.4, 0.5) is 10.2 Å². The third-order valence-electron chi connectivity index (χ3n) is 3.68. The Kier molecular flexibility index (Phi) is 2.52. The highest BCUT2D eigenvalue weighted by molar-refractivity contribution is 5.41. The van der Waals surface area contributed by atoms with E-state index >= 15 is 0 Å². The van der Waals surface area contributed by atoms with Crippen molar-refractivity contribution in [1.29, 1.82) is 0 Å². The predicted molar refractivity (Wildman–Crippen MR) is 60.9 cm³/mol. The van der Waals surface area contributed by atoms with Gasteiger partial charge in [0.25, 0.3) is 0 Å². The van der Waals surface area contributed by atoms with Gasteiger partial charge in [-0.25, -0.2) is 9.37 Å². The summed E-state index contributed by atoms with van der Waals surface area (Å²) in [5, 5.41) is 3.43. The summed E-state index contributed by atoms with van der Waals surface area (Å²) in [6, 6.07) is 3.83. The molecule has 3 nitrogen and oxygen atoms in total. The molecule has 0 radical (unpaired) electrons. The van der Waals surface area contributed by atoms with Gasteiger partial charge in [0, 0.05) is 25.7 Å². The maximum absolute atomic E-state index is 12.8. The monoisotopic (exact) mass is 221 g/mol. The Morgan fingerprint density at radius 2 is 2.31 bits per heavy atom. The van der Waals surface area contributed by atoms with Gasteiger partial charge in [0.1, 0.15) is 11.6 Å². The van der Waals surface area contributed by atoms with Crippen LogP contribution in [0.5, 0.6) is 0 Å². The third-order valence-corrected chi connectivity index (χ3v) is 3.68. The fourth-order valence-electron chi connectivity index (χ4n) is 2.89. The zero-order valence-electron chi connectivity index (χ0n) is 9.19. The molecular formula is C12H16FN3. The van der Waals surface area contributed by atoms with E-state index in [9.17, 15) is 4.39 Å². The molecule has 0 amide bonds. The van der Waals surface area contributed by atoms with Crippen molar-refractivity contribution in [2.24, 2.45) is 5.92 Å². The third kappa shape index (κ3) is 1.67. The summed E-state index contributed by atoms with van der Waals surface area (Å²) in [4.78, 5) is 6.51.